The first-order valence-electron chi connectivity index (χ1n) is 9.12. The van der Waals surface area contributed by atoms with Gasteiger partial charge in [-0.15, -0.1) is 10.2 Å². The molecule has 5 heteroatoms. The SMILES string of the molecule is O=C(NC1CCCCC1)C1CCCn2c(-c3ccccc3)nnc21. The van der Waals surface area contributed by atoms with E-state index >= 15 is 0 Å². The molecule has 1 N–H and O–H groups in total. The highest BCUT2D eigenvalue weighted by molar-refractivity contribution is 5.83. The van der Waals surface area contributed by atoms with E-state index in [2.05, 4.69) is 20.1 Å². The maximum absolute atomic E-state index is 12.8. The number of carbonyl (C=O) groups excluding carboxylic acids is 1. The number of fused-ring (bicyclic) bond motifs is 1. The predicted molar refractivity (Wildman–Crippen MR) is 92.4 cm³/mol. The monoisotopic (exact) mass is 324 g/mol. The van der Waals surface area contributed by atoms with Crippen molar-refractivity contribution in [3.8, 4) is 11.4 Å². The van der Waals surface area contributed by atoms with Crippen LogP contribution in [0.25, 0.3) is 11.4 Å². The van der Waals surface area contributed by atoms with Crippen LogP contribution in [0.1, 0.15) is 56.7 Å². The zero-order valence-electron chi connectivity index (χ0n) is 13.9. The van der Waals surface area contributed by atoms with Gasteiger partial charge in [0.15, 0.2) is 5.82 Å². The number of hydrogen-bond acceptors (Lipinski definition) is 3. The Kier molecular flexibility index (Phi) is 4.32. The molecule has 0 bridgehead atoms. The highest BCUT2D eigenvalue weighted by Gasteiger charge is 2.32. The van der Waals surface area contributed by atoms with Crippen molar-refractivity contribution < 1.29 is 4.79 Å². The molecule has 1 atom stereocenters. The molecule has 0 radical (unpaired) electrons. The first kappa shape index (κ1) is 15.4. The molecule has 126 valence electrons. The molecule has 1 fully saturated rings. The summed E-state index contributed by atoms with van der Waals surface area (Å²) in [5, 5.41) is 12.0. The summed E-state index contributed by atoms with van der Waals surface area (Å²) in [6, 6.07) is 10.4. The van der Waals surface area contributed by atoms with Crippen molar-refractivity contribution in [1.29, 1.82) is 0 Å². The molecule has 1 aromatic heterocycles. The number of carbonyl (C=O) groups is 1. The lowest BCUT2D eigenvalue weighted by molar-refractivity contribution is -0.124. The van der Waals surface area contributed by atoms with Crippen molar-refractivity contribution in [1.82, 2.24) is 20.1 Å². The Balaban J connectivity index is 1.55. The smallest absolute Gasteiger partial charge is 0.231 e. The maximum Gasteiger partial charge on any atom is 0.231 e. The van der Waals surface area contributed by atoms with Gasteiger partial charge in [-0.25, -0.2) is 0 Å². The molecule has 24 heavy (non-hydrogen) atoms. The van der Waals surface area contributed by atoms with Crippen LogP contribution < -0.4 is 5.32 Å². The van der Waals surface area contributed by atoms with E-state index < -0.39 is 0 Å². The number of benzene rings is 1. The van der Waals surface area contributed by atoms with Crippen LogP contribution in [0.4, 0.5) is 0 Å². The lowest BCUT2D eigenvalue weighted by Crippen LogP contribution is -2.40. The fraction of sp³-hybridized carbons (Fsp3) is 0.526. The van der Waals surface area contributed by atoms with Gasteiger partial charge in [0.25, 0.3) is 0 Å². The third-order valence-electron chi connectivity index (χ3n) is 5.27. The second kappa shape index (κ2) is 6.75. The Bertz CT molecular complexity index is 703. The van der Waals surface area contributed by atoms with Gasteiger partial charge < -0.3 is 9.88 Å². The zero-order valence-corrected chi connectivity index (χ0v) is 13.9. The lowest BCUT2D eigenvalue weighted by Gasteiger charge is -2.27. The van der Waals surface area contributed by atoms with Gasteiger partial charge in [0.1, 0.15) is 5.82 Å². The second-order valence-corrected chi connectivity index (χ2v) is 6.94. The van der Waals surface area contributed by atoms with Gasteiger partial charge in [-0.3, -0.25) is 4.79 Å². The summed E-state index contributed by atoms with van der Waals surface area (Å²) in [5.41, 5.74) is 1.06. The predicted octanol–water partition coefficient (Wildman–Crippen LogP) is 3.27. The molecule has 1 saturated carbocycles. The average Bonchev–Trinajstić information content (AvgIpc) is 3.07. The van der Waals surface area contributed by atoms with Crippen molar-refractivity contribution in [3.63, 3.8) is 0 Å². The topological polar surface area (TPSA) is 59.8 Å². The lowest BCUT2D eigenvalue weighted by atomic mass is 9.93. The van der Waals surface area contributed by atoms with Crippen LogP contribution in [-0.4, -0.2) is 26.7 Å². The van der Waals surface area contributed by atoms with E-state index in [1.807, 2.05) is 30.3 Å². The molecule has 2 aromatic rings. The quantitative estimate of drug-likeness (QED) is 0.942. The van der Waals surface area contributed by atoms with Crippen LogP contribution in [0.3, 0.4) is 0 Å². The minimum atomic E-state index is -0.161. The fourth-order valence-electron chi connectivity index (χ4n) is 3.97. The number of hydrogen-bond donors (Lipinski definition) is 1. The number of aromatic nitrogens is 3. The van der Waals surface area contributed by atoms with Gasteiger partial charge >= 0.3 is 0 Å². The summed E-state index contributed by atoms with van der Waals surface area (Å²) >= 11 is 0. The van der Waals surface area contributed by atoms with Crippen molar-refractivity contribution in [2.45, 2.75) is 63.5 Å². The Labute approximate surface area is 142 Å². The molecule has 1 aromatic carbocycles. The minimum Gasteiger partial charge on any atom is -0.353 e. The largest absolute Gasteiger partial charge is 0.353 e. The molecule has 2 aliphatic rings. The Morgan fingerprint density at radius 2 is 1.79 bits per heavy atom. The molecule has 0 saturated heterocycles. The highest BCUT2D eigenvalue weighted by Crippen LogP contribution is 2.30. The molecule has 2 heterocycles. The number of amides is 1. The molecular weight excluding hydrogens is 300 g/mol. The van der Waals surface area contributed by atoms with E-state index in [-0.39, 0.29) is 11.8 Å². The van der Waals surface area contributed by atoms with Gasteiger partial charge in [0.05, 0.1) is 5.92 Å². The fourth-order valence-corrected chi connectivity index (χ4v) is 3.97. The van der Waals surface area contributed by atoms with Crippen LogP contribution in [-0.2, 0) is 11.3 Å². The van der Waals surface area contributed by atoms with Gasteiger partial charge in [-0.05, 0) is 25.7 Å². The molecule has 1 unspecified atom stereocenters. The van der Waals surface area contributed by atoms with Gasteiger partial charge in [0, 0.05) is 18.2 Å². The van der Waals surface area contributed by atoms with E-state index in [0.29, 0.717) is 6.04 Å². The molecule has 1 aliphatic heterocycles. The highest BCUT2D eigenvalue weighted by atomic mass is 16.2. The normalized spacial score (nSPS) is 21.2. The number of nitrogens with zero attached hydrogens (tertiary/aromatic N) is 3. The Morgan fingerprint density at radius 3 is 2.58 bits per heavy atom. The summed E-state index contributed by atoms with van der Waals surface area (Å²) in [6.07, 6.45) is 7.83. The number of nitrogens with one attached hydrogen (secondary N) is 1. The molecule has 4 rings (SSSR count). The first-order valence-corrected chi connectivity index (χ1v) is 9.12. The van der Waals surface area contributed by atoms with E-state index in [1.54, 1.807) is 0 Å². The molecule has 5 nitrogen and oxygen atoms in total. The van der Waals surface area contributed by atoms with Crippen molar-refractivity contribution >= 4 is 5.91 Å². The summed E-state index contributed by atoms with van der Waals surface area (Å²) in [5.74, 6) is 1.68. The summed E-state index contributed by atoms with van der Waals surface area (Å²) in [4.78, 5) is 12.8. The van der Waals surface area contributed by atoms with Crippen molar-refractivity contribution in [3.05, 3.63) is 36.2 Å². The van der Waals surface area contributed by atoms with E-state index in [4.69, 9.17) is 0 Å². The third kappa shape index (κ3) is 2.95. The van der Waals surface area contributed by atoms with Gasteiger partial charge in [0.2, 0.25) is 5.91 Å². The first-order chi connectivity index (χ1) is 11.8. The van der Waals surface area contributed by atoms with Crippen LogP contribution in [0.15, 0.2) is 30.3 Å². The Hall–Kier alpha value is -2.17. The zero-order chi connectivity index (χ0) is 16.4. The van der Waals surface area contributed by atoms with E-state index in [1.165, 1.54) is 19.3 Å². The standard InChI is InChI=1S/C19H24N4O/c24-19(20-15-10-5-2-6-11-15)16-12-7-13-23-17(21-22-18(16)23)14-8-3-1-4-9-14/h1,3-4,8-9,15-16H,2,5-7,10-13H2,(H,20,24). The second-order valence-electron chi connectivity index (χ2n) is 6.94. The van der Waals surface area contributed by atoms with Crippen LogP contribution in [0, 0.1) is 0 Å². The van der Waals surface area contributed by atoms with Gasteiger partial charge in [-0.1, -0.05) is 49.6 Å². The van der Waals surface area contributed by atoms with E-state index in [0.717, 1.165) is 49.4 Å². The molecule has 0 spiro atoms. The van der Waals surface area contributed by atoms with E-state index in [9.17, 15) is 4.79 Å². The van der Waals surface area contributed by atoms with Crippen LogP contribution in [0.5, 0.6) is 0 Å². The molecule has 1 aliphatic carbocycles. The minimum absolute atomic E-state index is 0.134. The van der Waals surface area contributed by atoms with Gasteiger partial charge in [-0.2, -0.15) is 0 Å². The maximum atomic E-state index is 12.8. The number of rotatable bonds is 3. The van der Waals surface area contributed by atoms with Crippen LogP contribution in [0.2, 0.25) is 0 Å². The van der Waals surface area contributed by atoms with Crippen molar-refractivity contribution in [2.24, 2.45) is 0 Å². The van der Waals surface area contributed by atoms with Crippen molar-refractivity contribution in [2.75, 3.05) is 0 Å². The summed E-state index contributed by atoms with van der Waals surface area (Å²) in [7, 11) is 0. The third-order valence-corrected chi connectivity index (χ3v) is 5.27. The summed E-state index contributed by atoms with van der Waals surface area (Å²) < 4.78 is 2.13. The molecule has 1 amide bonds. The summed E-state index contributed by atoms with van der Waals surface area (Å²) in [6.45, 7) is 0.889. The van der Waals surface area contributed by atoms with Crippen LogP contribution >= 0.6 is 0 Å². The Morgan fingerprint density at radius 1 is 1.00 bits per heavy atom. The molecular formula is C19H24N4O. The average molecular weight is 324 g/mol.